The molecule has 0 spiro atoms. The van der Waals surface area contributed by atoms with Crippen molar-refractivity contribution in [2.24, 2.45) is 5.92 Å². The molecule has 0 amide bonds. The molecule has 1 fully saturated rings. The number of rotatable bonds is 3. The van der Waals surface area contributed by atoms with E-state index in [0.717, 1.165) is 19.4 Å². The summed E-state index contributed by atoms with van der Waals surface area (Å²) in [5.41, 5.74) is 0.406. The Labute approximate surface area is 122 Å². The van der Waals surface area contributed by atoms with Gasteiger partial charge in [0.15, 0.2) is 0 Å². The van der Waals surface area contributed by atoms with Crippen LogP contribution < -0.4 is 5.32 Å². The van der Waals surface area contributed by atoms with Gasteiger partial charge >= 0.3 is 0 Å². The van der Waals surface area contributed by atoms with Gasteiger partial charge in [-0.3, -0.25) is 0 Å². The fraction of sp³-hybridized carbons (Fsp3) is 0.571. The third-order valence-corrected chi connectivity index (χ3v) is 4.28. The predicted octanol–water partition coefficient (Wildman–Crippen LogP) is 3.94. The lowest BCUT2D eigenvalue weighted by atomic mass is 9.90. The fourth-order valence-electron chi connectivity index (χ4n) is 2.59. The first kappa shape index (κ1) is 15.0. The normalized spacial score (nSPS) is 25.3. The molecule has 1 heterocycles. The largest absolute Gasteiger partial charge is 0.388 e. The Hall–Kier alpha value is -0.350. The molecule has 2 nitrogen and oxygen atoms in total. The Bertz CT molecular complexity index is 455. The number of aliphatic hydroxyl groups excluding tert-OH is 1. The van der Waals surface area contributed by atoms with Crippen molar-refractivity contribution in [1.29, 1.82) is 0 Å². The van der Waals surface area contributed by atoms with Gasteiger partial charge < -0.3 is 10.4 Å². The van der Waals surface area contributed by atoms with E-state index in [0.29, 0.717) is 22.9 Å². The second-order valence-corrected chi connectivity index (χ2v) is 6.13. The monoisotopic (exact) mass is 305 g/mol. The number of hydrogen-bond donors (Lipinski definition) is 2. The van der Waals surface area contributed by atoms with Crippen molar-refractivity contribution >= 4 is 23.2 Å². The first-order chi connectivity index (χ1) is 8.97. The molecule has 0 bridgehead atoms. The smallest absolute Gasteiger partial charge is 0.142 e. The molecule has 1 saturated heterocycles. The van der Waals surface area contributed by atoms with E-state index in [9.17, 15) is 9.50 Å². The summed E-state index contributed by atoms with van der Waals surface area (Å²) in [6.07, 6.45) is 1.93. The summed E-state index contributed by atoms with van der Waals surface area (Å²) in [6.45, 7) is 3.16. The molecule has 3 unspecified atom stereocenters. The van der Waals surface area contributed by atoms with E-state index in [1.54, 1.807) is 0 Å². The number of aliphatic hydroxyl groups is 1. The maximum Gasteiger partial charge on any atom is 0.142 e. The lowest BCUT2D eigenvalue weighted by molar-refractivity contribution is 0.138. The third-order valence-electron chi connectivity index (χ3n) is 3.66. The fourth-order valence-corrected chi connectivity index (χ4v) is 3.10. The highest BCUT2D eigenvalue weighted by molar-refractivity contribution is 6.35. The molecule has 1 aliphatic rings. The minimum absolute atomic E-state index is 0.0228. The van der Waals surface area contributed by atoms with Crippen LogP contribution in [0.25, 0.3) is 0 Å². The average Bonchev–Trinajstić information content (AvgIpc) is 2.33. The van der Waals surface area contributed by atoms with Crippen molar-refractivity contribution in [3.05, 3.63) is 33.6 Å². The van der Waals surface area contributed by atoms with Crippen molar-refractivity contribution < 1.29 is 9.50 Å². The van der Waals surface area contributed by atoms with Crippen LogP contribution in [0.15, 0.2) is 12.1 Å². The zero-order valence-corrected chi connectivity index (χ0v) is 12.3. The predicted molar refractivity (Wildman–Crippen MR) is 76.2 cm³/mol. The second kappa shape index (κ2) is 6.40. The molecule has 0 saturated carbocycles. The molecule has 0 aliphatic carbocycles. The van der Waals surface area contributed by atoms with Crippen LogP contribution in [0.3, 0.4) is 0 Å². The van der Waals surface area contributed by atoms with Gasteiger partial charge in [0.05, 0.1) is 11.1 Å². The van der Waals surface area contributed by atoms with E-state index in [1.807, 2.05) is 0 Å². The van der Waals surface area contributed by atoms with Crippen molar-refractivity contribution in [1.82, 2.24) is 5.32 Å². The van der Waals surface area contributed by atoms with Crippen LogP contribution in [0, 0.1) is 11.7 Å². The number of halogens is 3. The van der Waals surface area contributed by atoms with Gasteiger partial charge in [0, 0.05) is 16.6 Å². The van der Waals surface area contributed by atoms with Gasteiger partial charge in [0.25, 0.3) is 0 Å². The second-order valence-electron chi connectivity index (χ2n) is 5.32. The van der Waals surface area contributed by atoms with Crippen LogP contribution in [0.1, 0.15) is 37.9 Å². The maximum absolute atomic E-state index is 13.4. The summed E-state index contributed by atoms with van der Waals surface area (Å²) in [4.78, 5) is 0. The molecular weight excluding hydrogens is 288 g/mol. The Balaban J connectivity index is 2.07. The van der Waals surface area contributed by atoms with E-state index < -0.39 is 11.9 Å². The summed E-state index contributed by atoms with van der Waals surface area (Å²) in [6, 6.07) is 2.81. The lowest BCUT2D eigenvalue weighted by Gasteiger charge is -2.30. The van der Waals surface area contributed by atoms with Crippen molar-refractivity contribution in [3.63, 3.8) is 0 Å². The van der Waals surface area contributed by atoms with Gasteiger partial charge in [-0.25, -0.2) is 4.39 Å². The van der Waals surface area contributed by atoms with E-state index in [1.165, 1.54) is 12.1 Å². The van der Waals surface area contributed by atoms with Crippen LogP contribution in [-0.2, 0) is 0 Å². The molecule has 2 rings (SSSR count). The van der Waals surface area contributed by atoms with Crippen LogP contribution in [0.2, 0.25) is 10.0 Å². The highest BCUT2D eigenvalue weighted by atomic mass is 35.5. The molecule has 0 radical (unpaired) electrons. The molecule has 1 aliphatic heterocycles. The Morgan fingerprint density at radius 2 is 2.16 bits per heavy atom. The van der Waals surface area contributed by atoms with Crippen molar-refractivity contribution in [2.75, 3.05) is 6.54 Å². The Morgan fingerprint density at radius 3 is 2.84 bits per heavy atom. The summed E-state index contributed by atoms with van der Waals surface area (Å²) < 4.78 is 13.4. The molecule has 5 heteroatoms. The third kappa shape index (κ3) is 3.82. The first-order valence-corrected chi connectivity index (χ1v) is 7.29. The first-order valence-electron chi connectivity index (χ1n) is 6.53. The van der Waals surface area contributed by atoms with Gasteiger partial charge in [0.2, 0.25) is 0 Å². The van der Waals surface area contributed by atoms with Crippen LogP contribution >= 0.6 is 23.2 Å². The van der Waals surface area contributed by atoms with E-state index in [-0.39, 0.29) is 11.1 Å². The van der Waals surface area contributed by atoms with Gasteiger partial charge in [-0.1, -0.05) is 30.1 Å². The SMILES string of the molecule is CC1CCNC(CC(O)c2cc(F)c(Cl)cc2Cl)C1. The molecule has 3 atom stereocenters. The minimum atomic E-state index is -0.776. The summed E-state index contributed by atoms with van der Waals surface area (Å²) in [5, 5.41) is 13.9. The molecule has 2 N–H and O–H groups in total. The molecular formula is C14H18Cl2FNO. The summed E-state index contributed by atoms with van der Waals surface area (Å²) in [7, 11) is 0. The summed E-state index contributed by atoms with van der Waals surface area (Å²) >= 11 is 11.7. The highest BCUT2D eigenvalue weighted by Gasteiger charge is 2.23. The molecule has 0 aromatic heterocycles. The quantitative estimate of drug-likeness (QED) is 0.829. The maximum atomic E-state index is 13.4. The zero-order valence-electron chi connectivity index (χ0n) is 10.8. The topological polar surface area (TPSA) is 32.3 Å². The van der Waals surface area contributed by atoms with Crippen LogP contribution in [0.5, 0.6) is 0 Å². The number of piperidine rings is 1. The van der Waals surface area contributed by atoms with Crippen molar-refractivity contribution in [3.8, 4) is 0 Å². The van der Waals surface area contributed by atoms with Gasteiger partial charge in [0.1, 0.15) is 5.82 Å². The Kier molecular flexibility index (Phi) is 5.07. The van der Waals surface area contributed by atoms with Gasteiger partial charge in [-0.15, -0.1) is 0 Å². The standard InChI is InChI=1S/C14H18Cl2FNO/c1-8-2-3-18-9(4-8)5-14(19)10-6-13(17)12(16)7-11(10)15/h6-9,14,18-19H,2-5H2,1H3. The lowest BCUT2D eigenvalue weighted by Crippen LogP contribution is -2.38. The Morgan fingerprint density at radius 1 is 1.42 bits per heavy atom. The van der Waals surface area contributed by atoms with E-state index in [2.05, 4.69) is 12.2 Å². The summed E-state index contributed by atoms with van der Waals surface area (Å²) in [5.74, 6) is 0.0981. The van der Waals surface area contributed by atoms with E-state index >= 15 is 0 Å². The number of nitrogens with one attached hydrogen (secondary N) is 1. The van der Waals surface area contributed by atoms with Crippen LogP contribution in [0.4, 0.5) is 4.39 Å². The number of hydrogen-bond acceptors (Lipinski definition) is 2. The zero-order chi connectivity index (χ0) is 14.0. The van der Waals surface area contributed by atoms with Crippen molar-refractivity contribution in [2.45, 2.75) is 38.3 Å². The van der Waals surface area contributed by atoms with Gasteiger partial charge in [-0.2, -0.15) is 0 Å². The highest BCUT2D eigenvalue weighted by Crippen LogP contribution is 2.32. The van der Waals surface area contributed by atoms with Gasteiger partial charge in [-0.05, 0) is 43.9 Å². The molecule has 1 aromatic rings. The molecule has 106 valence electrons. The molecule has 1 aromatic carbocycles. The van der Waals surface area contributed by atoms with Crippen LogP contribution in [-0.4, -0.2) is 17.7 Å². The number of benzene rings is 1. The van der Waals surface area contributed by atoms with E-state index in [4.69, 9.17) is 23.2 Å². The minimum Gasteiger partial charge on any atom is -0.388 e. The molecule has 19 heavy (non-hydrogen) atoms. The average molecular weight is 306 g/mol.